The SMILES string of the molecule is CCOC(=O)C(C)(CCCCN(C)C1CCCC1)NC. The number of unbranched alkanes of at least 4 members (excludes halogenated alkanes) is 1. The molecule has 1 atom stereocenters. The average molecular weight is 284 g/mol. The number of esters is 1. The van der Waals surface area contributed by atoms with Crippen molar-refractivity contribution < 1.29 is 9.53 Å². The minimum absolute atomic E-state index is 0.133. The van der Waals surface area contributed by atoms with Gasteiger partial charge in [-0.3, -0.25) is 4.79 Å². The molecule has 0 radical (unpaired) electrons. The first kappa shape index (κ1) is 17.4. The smallest absolute Gasteiger partial charge is 0.326 e. The van der Waals surface area contributed by atoms with Crippen molar-refractivity contribution >= 4 is 5.97 Å². The summed E-state index contributed by atoms with van der Waals surface area (Å²) >= 11 is 0. The van der Waals surface area contributed by atoms with Gasteiger partial charge in [0.1, 0.15) is 5.54 Å². The molecule has 1 N–H and O–H groups in total. The standard InChI is InChI=1S/C16H32N2O2/c1-5-20-15(19)16(2,17-3)12-8-9-13-18(4)14-10-6-7-11-14/h14,17H,5-13H2,1-4H3. The largest absolute Gasteiger partial charge is 0.465 e. The fourth-order valence-electron chi connectivity index (χ4n) is 2.99. The second kappa shape index (κ2) is 8.63. The van der Waals surface area contributed by atoms with Crippen LogP contribution in [0.3, 0.4) is 0 Å². The Bertz CT molecular complexity index is 290. The van der Waals surface area contributed by atoms with E-state index in [2.05, 4.69) is 17.3 Å². The maximum absolute atomic E-state index is 11.9. The van der Waals surface area contributed by atoms with Gasteiger partial charge in [0.05, 0.1) is 6.61 Å². The molecule has 0 heterocycles. The zero-order valence-corrected chi connectivity index (χ0v) is 13.7. The fourth-order valence-corrected chi connectivity index (χ4v) is 2.99. The van der Waals surface area contributed by atoms with Crippen LogP contribution in [-0.4, -0.2) is 49.7 Å². The van der Waals surface area contributed by atoms with Crippen molar-refractivity contribution in [3.8, 4) is 0 Å². The van der Waals surface area contributed by atoms with Crippen LogP contribution in [0, 0.1) is 0 Å². The zero-order chi connectivity index (χ0) is 15.0. The molecule has 4 nitrogen and oxygen atoms in total. The lowest BCUT2D eigenvalue weighted by Crippen LogP contribution is -2.48. The van der Waals surface area contributed by atoms with Crippen LogP contribution in [0.2, 0.25) is 0 Å². The number of nitrogens with zero attached hydrogens (tertiary/aromatic N) is 1. The molecule has 0 bridgehead atoms. The molecule has 0 saturated heterocycles. The summed E-state index contributed by atoms with van der Waals surface area (Å²) in [6.07, 6.45) is 8.50. The molecule has 1 aliphatic carbocycles. The van der Waals surface area contributed by atoms with Crippen molar-refractivity contribution in [2.24, 2.45) is 0 Å². The van der Waals surface area contributed by atoms with Gasteiger partial charge in [-0.2, -0.15) is 0 Å². The normalized spacial score (nSPS) is 19.2. The van der Waals surface area contributed by atoms with E-state index in [1.54, 1.807) is 0 Å². The van der Waals surface area contributed by atoms with Crippen LogP contribution in [0.1, 0.15) is 58.8 Å². The van der Waals surface area contributed by atoms with Crippen LogP contribution >= 0.6 is 0 Å². The minimum Gasteiger partial charge on any atom is -0.465 e. The van der Waals surface area contributed by atoms with Crippen LogP contribution in [0.4, 0.5) is 0 Å². The van der Waals surface area contributed by atoms with Crippen LogP contribution in [0.5, 0.6) is 0 Å². The predicted molar refractivity (Wildman–Crippen MR) is 82.8 cm³/mol. The maximum Gasteiger partial charge on any atom is 0.326 e. The van der Waals surface area contributed by atoms with Crippen LogP contribution in [0.25, 0.3) is 0 Å². The van der Waals surface area contributed by atoms with Gasteiger partial charge in [0.2, 0.25) is 0 Å². The van der Waals surface area contributed by atoms with Crippen molar-refractivity contribution in [2.45, 2.75) is 70.4 Å². The highest BCUT2D eigenvalue weighted by Gasteiger charge is 2.32. The van der Waals surface area contributed by atoms with Crippen molar-refractivity contribution in [3.05, 3.63) is 0 Å². The minimum atomic E-state index is -0.540. The number of rotatable bonds is 9. The molecule has 0 spiro atoms. The summed E-state index contributed by atoms with van der Waals surface area (Å²) in [7, 11) is 4.07. The van der Waals surface area contributed by atoms with E-state index in [1.165, 1.54) is 25.7 Å². The summed E-state index contributed by atoms with van der Waals surface area (Å²) in [5.74, 6) is -0.133. The third-order valence-corrected chi connectivity index (χ3v) is 4.66. The summed E-state index contributed by atoms with van der Waals surface area (Å²) in [5.41, 5.74) is -0.540. The van der Waals surface area contributed by atoms with Crippen LogP contribution in [-0.2, 0) is 9.53 Å². The van der Waals surface area contributed by atoms with Crippen LogP contribution < -0.4 is 5.32 Å². The second-order valence-corrected chi connectivity index (χ2v) is 6.18. The quantitative estimate of drug-likeness (QED) is 0.522. The topological polar surface area (TPSA) is 41.6 Å². The summed E-state index contributed by atoms with van der Waals surface area (Å²) in [6.45, 7) is 5.37. The molecule has 0 aromatic heterocycles. The fraction of sp³-hybridized carbons (Fsp3) is 0.938. The zero-order valence-electron chi connectivity index (χ0n) is 13.7. The number of carbonyl (C=O) groups excluding carboxylic acids is 1. The highest BCUT2D eigenvalue weighted by Crippen LogP contribution is 2.23. The lowest BCUT2D eigenvalue weighted by Gasteiger charge is -2.28. The van der Waals surface area contributed by atoms with E-state index in [1.807, 2.05) is 20.9 Å². The Labute approximate surface area is 124 Å². The molecule has 20 heavy (non-hydrogen) atoms. The first-order valence-corrected chi connectivity index (χ1v) is 8.10. The lowest BCUT2D eigenvalue weighted by molar-refractivity contribution is -0.150. The summed E-state index contributed by atoms with van der Waals surface area (Å²) in [6, 6.07) is 0.788. The van der Waals surface area contributed by atoms with Crippen molar-refractivity contribution in [2.75, 3.05) is 27.2 Å². The number of nitrogens with one attached hydrogen (secondary N) is 1. The van der Waals surface area contributed by atoms with E-state index < -0.39 is 5.54 Å². The Morgan fingerprint density at radius 3 is 2.55 bits per heavy atom. The first-order chi connectivity index (χ1) is 9.53. The maximum atomic E-state index is 11.9. The number of hydrogen-bond acceptors (Lipinski definition) is 4. The molecule has 1 unspecified atom stereocenters. The predicted octanol–water partition coefficient (Wildman–Crippen LogP) is 2.57. The van der Waals surface area contributed by atoms with E-state index >= 15 is 0 Å². The molecular weight excluding hydrogens is 252 g/mol. The van der Waals surface area contributed by atoms with E-state index in [9.17, 15) is 4.79 Å². The van der Waals surface area contributed by atoms with Crippen molar-refractivity contribution in [1.82, 2.24) is 10.2 Å². The molecule has 1 saturated carbocycles. The molecular formula is C16H32N2O2. The third-order valence-electron chi connectivity index (χ3n) is 4.66. The molecule has 0 aromatic rings. The van der Waals surface area contributed by atoms with Gasteiger partial charge in [0.25, 0.3) is 0 Å². The van der Waals surface area contributed by atoms with Crippen molar-refractivity contribution in [1.29, 1.82) is 0 Å². The van der Waals surface area contributed by atoms with Gasteiger partial charge in [0.15, 0.2) is 0 Å². The molecule has 4 heteroatoms. The number of likely N-dealkylation sites (N-methyl/N-ethyl adjacent to an activating group) is 1. The van der Waals surface area contributed by atoms with Gasteiger partial charge in [-0.15, -0.1) is 0 Å². The van der Waals surface area contributed by atoms with Crippen molar-refractivity contribution in [3.63, 3.8) is 0 Å². The van der Waals surface area contributed by atoms with E-state index in [-0.39, 0.29) is 5.97 Å². The summed E-state index contributed by atoms with van der Waals surface area (Å²) in [4.78, 5) is 14.4. The van der Waals surface area contributed by atoms with Gasteiger partial charge in [-0.05, 0) is 66.6 Å². The monoisotopic (exact) mass is 284 g/mol. The Morgan fingerprint density at radius 2 is 2.00 bits per heavy atom. The first-order valence-electron chi connectivity index (χ1n) is 8.10. The number of ether oxygens (including phenoxy) is 1. The van der Waals surface area contributed by atoms with Crippen LogP contribution in [0.15, 0.2) is 0 Å². The van der Waals surface area contributed by atoms with Gasteiger partial charge >= 0.3 is 5.97 Å². The summed E-state index contributed by atoms with van der Waals surface area (Å²) in [5, 5.41) is 3.12. The highest BCUT2D eigenvalue weighted by atomic mass is 16.5. The Hall–Kier alpha value is -0.610. The molecule has 0 aromatic carbocycles. The molecule has 0 aliphatic heterocycles. The molecule has 1 fully saturated rings. The van der Waals surface area contributed by atoms with Gasteiger partial charge < -0.3 is 15.0 Å². The third kappa shape index (κ3) is 5.06. The van der Waals surface area contributed by atoms with Gasteiger partial charge in [0, 0.05) is 6.04 Å². The lowest BCUT2D eigenvalue weighted by atomic mass is 9.95. The van der Waals surface area contributed by atoms with E-state index in [0.717, 1.165) is 31.8 Å². The average Bonchev–Trinajstić information content (AvgIpc) is 2.97. The van der Waals surface area contributed by atoms with Gasteiger partial charge in [-0.1, -0.05) is 12.8 Å². The Kier molecular flexibility index (Phi) is 7.52. The number of hydrogen-bond donors (Lipinski definition) is 1. The van der Waals surface area contributed by atoms with E-state index in [4.69, 9.17) is 4.74 Å². The summed E-state index contributed by atoms with van der Waals surface area (Å²) < 4.78 is 5.15. The molecule has 118 valence electrons. The van der Waals surface area contributed by atoms with E-state index in [0.29, 0.717) is 6.61 Å². The molecule has 0 amide bonds. The molecule has 1 aliphatic rings. The highest BCUT2D eigenvalue weighted by molar-refractivity contribution is 5.80. The van der Waals surface area contributed by atoms with Gasteiger partial charge in [-0.25, -0.2) is 0 Å². The Balaban J connectivity index is 2.25. The Morgan fingerprint density at radius 1 is 1.35 bits per heavy atom. The molecule has 1 rings (SSSR count). The second-order valence-electron chi connectivity index (χ2n) is 6.18. The number of carbonyl (C=O) groups is 1.